The number of amides is 1. The third-order valence-corrected chi connectivity index (χ3v) is 5.01. The zero-order valence-corrected chi connectivity index (χ0v) is 12.7. The predicted octanol–water partition coefficient (Wildman–Crippen LogP) is 3.47. The van der Waals surface area contributed by atoms with Gasteiger partial charge in [-0.05, 0) is 49.1 Å². The highest BCUT2D eigenvalue weighted by atomic mass is 16.5. The van der Waals surface area contributed by atoms with E-state index < -0.39 is 0 Å². The van der Waals surface area contributed by atoms with E-state index in [0.717, 1.165) is 11.8 Å². The van der Waals surface area contributed by atoms with E-state index in [0.29, 0.717) is 29.5 Å². The van der Waals surface area contributed by atoms with Crippen molar-refractivity contribution < 1.29 is 14.3 Å². The Bertz CT molecular complexity index is 529. The van der Waals surface area contributed by atoms with Gasteiger partial charge in [0, 0.05) is 12.5 Å². The van der Waals surface area contributed by atoms with E-state index >= 15 is 0 Å². The fraction of sp³-hybridized carbons (Fsp3) is 0.588. The largest absolute Gasteiger partial charge is 0.497 e. The molecule has 0 aromatic heterocycles. The molecule has 1 amide bonds. The lowest BCUT2D eigenvalue weighted by atomic mass is 9.86. The van der Waals surface area contributed by atoms with Gasteiger partial charge in [0.1, 0.15) is 11.5 Å². The van der Waals surface area contributed by atoms with Crippen molar-refractivity contribution in [3.8, 4) is 11.5 Å². The van der Waals surface area contributed by atoms with Gasteiger partial charge >= 0.3 is 0 Å². The molecule has 2 bridgehead atoms. The van der Waals surface area contributed by atoms with Crippen molar-refractivity contribution in [1.29, 1.82) is 0 Å². The number of carbonyl (C=O) groups is 1. The van der Waals surface area contributed by atoms with Crippen molar-refractivity contribution in [3.63, 3.8) is 0 Å². The van der Waals surface area contributed by atoms with Gasteiger partial charge in [-0.1, -0.05) is 6.42 Å². The van der Waals surface area contributed by atoms with E-state index in [2.05, 4.69) is 5.32 Å². The third kappa shape index (κ3) is 2.99. The van der Waals surface area contributed by atoms with Crippen molar-refractivity contribution in [2.75, 3.05) is 19.5 Å². The van der Waals surface area contributed by atoms with Crippen LogP contribution in [0.15, 0.2) is 18.2 Å². The molecule has 0 unspecified atom stereocenters. The van der Waals surface area contributed by atoms with Gasteiger partial charge in [-0.25, -0.2) is 0 Å². The number of hydrogen-bond acceptors (Lipinski definition) is 3. The minimum Gasteiger partial charge on any atom is -0.497 e. The molecule has 1 N–H and O–H groups in total. The molecule has 4 heteroatoms. The van der Waals surface area contributed by atoms with E-state index in [-0.39, 0.29) is 5.91 Å². The van der Waals surface area contributed by atoms with Crippen molar-refractivity contribution in [3.05, 3.63) is 18.2 Å². The zero-order chi connectivity index (χ0) is 14.8. The highest BCUT2D eigenvalue weighted by Gasteiger charge is 2.40. The average Bonchev–Trinajstić information content (AvgIpc) is 3.09. The van der Waals surface area contributed by atoms with Gasteiger partial charge in [-0.15, -0.1) is 0 Å². The highest BCUT2D eigenvalue weighted by Crippen LogP contribution is 2.49. The van der Waals surface area contributed by atoms with Crippen LogP contribution in [0.4, 0.5) is 5.69 Å². The number of carbonyl (C=O) groups excluding carboxylic acids is 1. The van der Waals surface area contributed by atoms with Crippen molar-refractivity contribution in [2.45, 2.75) is 32.1 Å². The molecule has 0 heterocycles. The summed E-state index contributed by atoms with van der Waals surface area (Å²) < 4.78 is 10.5. The number of rotatable bonds is 5. The predicted molar refractivity (Wildman–Crippen MR) is 81.7 cm³/mol. The quantitative estimate of drug-likeness (QED) is 0.903. The number of anilines is 1. The Balaban J connectivity index is 1.64. The smallest absolute Gasteiger partial charge is 0.224 e. The first-order valence-corrected chi connectivity index (χ1v) is 7.71. The molecule has 0 radical (unpaired) electrons. The number of fused-ring (bicyclic) bond motifs is 2. The first-order valence-electron chi connectivity index (χ1n) is 7.71. The molecular formula is C17H23NO3. The second kappa shape index (κ2) is 5.96. The summed E-state index contributed by atoms with van der Waals surface area (Å²) in [5.74, 6) is 3.68. The Morgan fingerprint density at radius 2 is 2.10 bits per heavy atom. The lowest BCUT2D eigenvalue weighted by Crippen LogP contribution is -2.20. The first kappa shape index (κ1) is 14.2. The molecule has 0 spiro atoms. The molecule has 3 atom stereocenters. The fourth-order valence-electron chi connectivity index (χ4n) is 3.98. The van der Waals surface area contributed by atoms with Crippen LogP contribution in [0, 0.1) is 17.8 Å². The van der Waals surface area contributed by atoms with Gasteiger partial charge in [0.2, 0.25) is 5.91 Å². The molecule has 114 valence electrons. The summed E-state index contributed by atoms with van der Waals surface area (Å²) in [6.45, 7) is 0. The summed E-state index contributed by atoms with van der Waals surface area (Å²) in [4.78, 5) is 12.3. The molecule has 0 saturated heterocycles. The first-order chi connectivity index (χ1) is 10.2. The normalized spacial score (nSPS) is 26.7. The summed E-state index contributed by atoms with van der Waals surface area (Å²) in [6, 6.07) is 5.44. The van der Waals surface area contributed by atoms with Crippen LogP contribution in [0.5, 0.6) is 11.5 Å². The van der Waals surface area contributed by atoms with Crippen LogP contribution < -0.4 is 14.8 Å². The van der Waals surface area contributed by atoms with Gasteiger partial charge in [-0.3, -0.25) is 4.79 Å². The number of methoxy groups -OCH3 is 2. The van der Waals surface area contributed by atoms with Gasteiger partial charge in [0.15, 0.2) is 0 Å². The number of benzene rings is 1. The number of nitrogens with one attached hydrogen (secondary N) is 1. The van der Waals surface area contributed by atoms with Crippen molar-refractivity contribution in [2.24, 2.45) is 17.8 Å². The van der Waals surface area contributed by atoms with Crippen LogP contribution in [0.2, 0.25) is 0 Å². The minimum atomic E-state index is 0.0825. The summed E-state index contributed by atoms with van der Waals surface area (Å²) in [7, 11) is 3.22. The summed E-state index contributed by atoms with van der Waals surface area (Å²) in [5, 5.41) is 2.98. The number of hydrogen-bond donors (Lipinski definition) is 1. The number of ether oxygens (including phenoxy) is 2. The van der Waals surface area contributed by atoms with Gasteiger partial charge in [0.25, 0.3) is 0 Å². The standard InChI is InChI=1S/C17H23NO3/c1-20-14-5-6-16(21-2)15(10-14)18-17(19)9-13-8-11-3-4-12(13)7-11/h5-6,10-13H,3-4,7-9H2,1-2H3,(H,18,19)/t11-,12+,13-/m0/s1. The Labute approximate surface area is 125 Å². The monoisotopic (exact) mass is 289 g/mol. The maximum atomic E-state index is 12.3. The molecule has 3 rings (SSSR count). The summed E-state index contributed by atoms with van der Waals surface area (Å²) in [5.41, 5.74) is 0.685. The molecule has 1 aromatic rings. The Hall–Kier alpha value is -1.71. The topological polar surface area (TPSA) is 47.6 Å². The molecular weight excluding hydrogens is 266 g/mol. The highest BCUT2D eigenvalue weighted by molar-refractivity contribution is 5.92. The van der Waals surface area contributed by atoms with E-state index in [1.165, 1.54) is 25.7 Å². The molecule has 0 aliphatic heterocycles. The lowest BCUT2D eigenvalue weighted by molar-refractivity contribution is -0.117. The Kier molecular flexibility index (Phi) is 4.04. The van der Waals surface area contributed by atoms with Crippen LogP contribution in [0.25, 0.3) is 0 Å². The minimum absolute atomic E-state index is 0.0825. The van der Waals surface area contributed by atoms with Crippen LogP contribution >= 0.6 is 0 Å². The second-order valence-corrected chi connectivity index (χ2v) is 6.25. The van der Waals surface area contributed by atoms with Crippen LogP contribution in [0.1, 0.15) is 32.1 Å². The van der Waals surface area contributed by atoms with E-state index in [4.69, 9.17) is 9.47 Å². The summed E-state index contributed by atoms with van der Waals surface area (Å²) in [6.07, 6.45) is 5.87. The molecule has 1 aromatic carbocycles. The molecule has 2 fully saturated rings. The fourth-order valence-corrected chi connectivity index (χ4v) is 3.98. The van der Waals surface area contributed by atoms with Crippen LogP contribution in [-0.4, -0.2) is 20.1 Å². The van der Waals surface area contributed by atoms with E-state index in [1.807, 2.05) is 12.1 Å². The molecule has 2 saturated carbocycles. The maximum Gasteiger partial charge on any atom is 0.224 e. The van der Waals surface area contributed by atoms with E-state index in [9.17, 15) is 4.79 Å². The third-order valence-electron chi connectivity index (χ3n) is 5.01. The van der Waals surface area contributed by atoms with Gasteiger partial charge in [0.05, 0.1) is 19.9 Å². The summed E-state index contributed by atoms with van der Waals surface area (Å²) >= 11 is 0. The molecule has 21 heavy (non-hydrogen) atoms. The van der Waals surface area contributed by atoms with Gasteiger partial charge < -0.3 is 14.8 Å². The Morgan fingerprint density at radius 3 is 2.71 bits per heavy atom. The zero-order valence-electron chi connectivity index (χ0n) is 12.7. The average molecular weight is 289 g/mol. The van der Waals surface area contributed by atoms with Gasteiger partial charge in [-0.2, -0.15) is 0 Å². The SMILES string of the molecule is COc1ccc(OC)c(NC(=O)C[C@@H]2C[C@H]3CC[C@@H]2C3)c1. The van der Waals surface area contributed by atoms with Crippen molar-refractivity contribution >= 4 is 11.6 Å². The van der Waals surface area contributed by atoms with Crippen molar-refractivity contribution in [1.82, 2.24) is 0 Å². The Morgan fingerprint density at radius 1 is 1.24 bits per heavy atom. The molecule has 2 aliphatic rings. The molecule has 4 nitrogen and oxygen atoms in total. The van der Waals surface area contributed by atoms with E-state index in [1.54, 1.807) is 20.3 Å². The second-order valence-electron chi connectivity index (χ2n) is 6.25. The van der Waals surface area contributed by atoms with Crippen LogP contribution in [-0.2, 0) is 4.79 Å². The molecule has 2 aliphatic carbocycles. The maximum absolute atomic E-state index is 12.3. The van der Waals surface area contributed by atoms with Crippen LogP contribution in [0.3, 0.4) is 0 Å². The lowest BCUT2D eigenvalue weighted by Gasteiger charge is -2.21.